The van der Waals surface area contributed by atoms with Crippen LogP contribution >= 0.6 is 0 Å². The maximum absolute atomic E-state index is 13.8. The molecule has 1 aromatic carbocycles. The molecule has 0 unspecified atom stereocenters. The SMILES string of the molecule is O=C(c1ccccc1F)N1CCC(NC[C@@H]2C[C@H]3C=C[C@H]2C3)CC1. The van der Waals surface area contributed by atoms with Gasteiger partial charge in [-0.05, 0) is 62.1 Å². The smallest absolute Gasteiger partial charge is 0.256 e. The molecular weight excluding hydrogens is 303 g/mol. The van der Waals surface area contributed by atoms with E-state index in [-0.39, 0.29) is 11.5 Å². The Kier molecular flexibility index (Phi) is 4.40. The molecule has 1 amide bonds. The third kappa shape index (κ3) is 3.12. The lowest BCUT2D eigenvalue weighted by Gasteiger charge is -2.33. The van der Waals surface area contributed by atoms with Crippen molar-refractivity contribution in [3.63, 3.8) is 0 Å². The van der Waals surface area contributed by atoms with E-state index in [0.29, 0.717) is 19.1 Å². The summed E-state index contributed by atoms with van der Waals surface area (Å²) >= 11 is 0. The Balaban J connectivity index is 1.25. The van der Waals surface area contributed by atoms with Gasteiger partial charge < -0.3 is 10.2 Å². The molecular formula is C20H25FN2O. The molecule has 128 valence electrons. The molecule has 2 fully saturated rings. The molecule has 1 N–H and O–H groups in total. The summed E-state index contributed by atoms with van der Waals surface area (Å²) in [5, 5.41) is 3.71. The van der Waals surface area contributed by atoms with Crippen LogP contribution in [0.3, 0.4) is 0 Å². The minimum absolute atomic E-state index is 0.176. The molecule has 1 saturated carbocycles. The number of nitrogens with one attached hydrogen (secondary N) is 1. The van der Waals surface area contributed by atoms with Gasteiger partial charge in [-0.3, -0.25) is 4.79 Å². The van der Waals surface area contributed by atoms with Gasteiger partial charge in [0.15, 0.2) is 0 Å². The minimum Gasteiger partial charge on any atom is -0.338 e. The summed E-state index contributed by atoms with van der Waals surface area (Å²) < 4.78 is 13.8. The van der Waals surface area contributed by atoms with Gasteiger partial charge in [0.2, 0.25) is 0 Å². The number of piperidine rings is 1. The number of amides is 1. The van der Waals surface area contributed by atoms with Crippen LogP contribution in [0.5, 0.6) is 0 Å². The normalized spacial score (nSPS) is 29.4. The van der Waals surface area contributed by atoms with Crippen LogP contribution in [0.1, 0.15) is 36.0 Å². The quantitative estimate of drug-likeness (QED) is 0.861. The highest BCUT2D eigenvalue weighted by atomic mass is 19.1. The summed E-state index contributed by atoms with van der Waals surface area (Å²) in [5.41, 5.74) is 0.192. The molecule has 2 aliphatic carbocycles. The third-order valence-electron chi connectivity index (χ3n) is 5.97. The van der Waals surface area contributed by atoms with Crippen molar-refractivity contribution in [2.24, 2.45) is 17.8 Å². The Bertz CT molecular complexity index is 636. The van der Waals surface area contributed by atoms with Gasteiger partial charge in [0.05, 0.1) is 5.56 Å². The van der Waals surface area contributed by atoms with E-state index in [1.54, 1.807) is 23.1 Å². The lowest BCUT2D eigenvalue weighted by molar-refractivity contribution is 0.0699. The van der Waals surface area contributed by atoms with Crippen LogP contribution in [0.2, 0.25) is 0 Å². The number of carbonyl (C=O) groups is 1. The van der Waals surface area contributed by atoms with E-state index in [1.165, 1.54) is 18.9 Å². The molecule has 1 heterocycles. The first-order valence-corrected chi connectivity index (χ1v) is 9.16. The van der Waals surface area contributed by atoms with Crippen molar-refractivity contribution < 1.29 is 9.18 Å². The van der Waals surface area contributed by atoms with E-state index in [9.17, 15) is 9.18 Å². The fourth-order valence-corrected chi connectivity index (χ4v) is 4.54. The lowest BCUT2D eigenvalue weighted by atomic mass is 9.93. The molecule has 3 aliphatic rings. The van der Waals surface area contributed by atoms with Crippen molar-refractivity contribution in [3.05, 3.63) is 47.8 Å². The van der Waals surface area contributed by atoms with Crippen molar-refractivity contribution in [1.29, 1.82) is 0 Å². The monoisotopic (exact) mass is 328 g/mol. The maximum Gasteiger partial charge on any atom is 0.256 e. The van der Waals surface area contributed by atoms with E-state index >= 15 is 0 Å². The molecule has 1 aliphatic heterocycles. The van der Waals surface area contributed by atoms with Crippen LogP contribution < -0.4 is 5.32 Å². The molecule has 1 saturated heterocycles. The Morgan fingerprint density at radius 3 is 2.62 bits per heavy atom. The van der Waals surface area contributed by atoms with Crippen LogP contribution in [0.15, 0.2) is 36.4 Å². The van der Waals surface area contributed by atoms with Gasteiger partial charge in [-0.2, -0.15) is 0 Å². The average molecular weight is 328 g/mol. The summed E-state index contributed by atoms with van der Waals surface area (Å²) in [6.45, 7) is 2.51. The van der Waals surface area contributed by atoms with Gasteiger partial charge in [0.1, 0.15) is 5.82 Å². The highest BCUT2D eigenvalue weighted by molar-refractivity contribution is 5.94. The number of carbonyl (C=O) groups excluding carboxylic acids is 1. The molecule has 0 spiro atoms. The number of likely N-dealkylation sites (tertiary alicyclic amines) is 1. The maximum atomic E-state index is 13.8. The van der Waals surface area contributed by atoms with Crippen LogP contribution in [0.4, 0.5) is 4.39 Å². The van der Waals surface area contributed by atoms with Crippen molar-refractivity contribution in [1.82, 2.24) is 10.2 Å². The van der Waals surface area contributed by atoms with E-state index in [1.807, 2.05) is 0 Å². The number of benzene rings is 1. The number of rotatable bonds is 4. The molecule has 1 aromatic rings. The van der Waals surface area contributed by atoms with Crippen LogP contribution in [0, 0.1) is 23.6 Å². The molecule has 24 heavy (non-hydrogen) atoms. The first-order valence-electron chi connectivity index (χ1n) is 9.16. The number of hydrogen-bond acceptors (Lipinski definition) is 2. The van der Waals surface area contributed by atoms with Crippen molar-refractivity contribution in [3.8, 4) is 0 Å². The fraction of sp³-hybridized carbons (Fsp3) is 0.550. The van der Waals surface area contributed by atoms with Gasteiger partial charge in [0, 0.05) is 19.1 Å². The van der Waals surface area contributed by atoms with Crippen molar-refractivity contribution >= 4 is 5.91 Å². The molecule has 0 radical (unpaired) electrons. The number of nitrogens with zero attached hydrogens (tertiary/aromatic N) is 1. The molecule has 2 bridgehead atoms. The minimum atomic E-state index is -0.424. The van der Waals surface area contributed by atoms with E-state index in [4.69, 9.17) is 0 Å². The van der Waals surface area contributed by atoms with Crippen molar-refractivity contribution in [2.45, 2.75) is 31.7 Å². The summed E-state index contributed by atoms with van der Waals surface area (Å²) in [7, 11) is 0. The summed E-state index contributed by atoms with van der Waals surface area (Å²) in [6.07, 6.45) is 9.37. The number of allylic oxidation sites excluding steroid dienone is 2. The Labute approximate surface area is 142 Å². The zero-order valence-electron chi connectivity index (χ0n) is 14.0. The summed E-state index contributed by atoms with van der Waals surface area (Å²) in [5.74, 6) is 1.79. The number of fused-ring (bicyclic) bond motifs is 2. The average Bonchev–Trinajstić information content (AvgIpc) is 3.23. The summed E-state index contributed by atoms with van der Waals surface area (Å²) in [6, 6.07) is 6.75. The second kappa shape index (κ2) is 6.67. The van der Waals surface area contributed by atoms with E-state index in [2.05, 4.69) is 17.5 Å². The van der Waals surface area contributed by atoms with E-state index in [0.717, 1.165) is 37.1 Å². The lowest BCUT2D eigenvalue weighted by Crippen LogP contribution is -2.46. The van der Waals surface area contributed by atoms with Gasteiger partial charge in [-0.15, -0.1) is 0 Å². The first kappa shape index (κ1) is 15.8. The molecule has 4 rings (SSSR count). The predicted molar refractivity (Wildman–Crippen MR) is 92.2 cm³/mol. The molecule has 0 aromatic heterocycles. The Hall–Kier alpha value is -1.68. The zero-order valence-corrected chi connectivity index (χ0v) is 14.0. The molecule has 3 nitrogen and oxygen atoms in total. The second-order valence-corrected chi connectivity index (χ2v) is 7.49. The fourth-order valence-electron chi connectivity index (χ4n) is 4.54. The third-order valence-corrected chi connectivity index (χ3v) is 5.97. The predicted octanol–water partition coefficient (Wildman–Crippen LogP) is 3.23. The highest BCUT2D eigenvalue weighted by Gasteiger charge is 2.35. The summed E-state index contributed by atoms with van der Waals surface area (Å²) in [4.78, 5) is 14.2. The van der Waals surface area contributed by atoms with E-state index < -0.39 is 5.82 Å². The zero-order chi connectivity index (χ0) is 16.5. The second-order valence-electron chi connectivity index (χ2n) is 7.49. The van der Waals surface area contributed by atoms with Gasteiger partial charge in [0.25, 0.3) is 5.91 Å². The number of hydrogen-bond donors (Lipinski definition) is 1. The largest absolute Gasteiger partial charge is 0.338 e. The molecule has 4 heteroatoms. The van der Waals surface area contributed by atoms with Gasteiger partial charge >= 0.3 is 0 Å². The van der Waals surface area contributed by atoms with Crippen LogP contribution in [-0.2, 0) is 0 Å². The Morgan fingerprint density at radius 2 is 1.96 bits per heavy atom. The van der Waals surface area contributed by atoms with Crippen LogP contribution in [-0.4, -0.2) is 36.5 Å². The number of halogens is 1. The first-order chi connectivity index (χ1) is 11.7. The Morgan fingerprint density at radius 1 is 1.17 bits per heavy atom. The van der Waals surface area contributed by atoms with Crippen LogP contribution in [0.25, 0.3) is 0 Å². The van der Waals surface area contributed by atoms with Gasteiger partial charge in [-0.1, -0.05) is 24.3 Å². The highest BCUT2D eigenvalue weighted by Crippen LogP contribution is 2.43. The van der Waals surface area contributed by atoms with Crippen molar-refractivity contribution in [2.75, 3.05) is 19.6 Å². The topological polar surface area (TPSA) is 32.3 Å². The molecule has 3 atom stereocenters. The standard InChI is InChI=1S/C20H25FN2O/c21-19-4-2-1-3-18(19)20(24)23-9-7-17(8-10-23)22-13-16-12-14-5-6-15(16)11-14/h1-6,14-17,22H,7-13H2/t14-,15-,16-/m0/s1. The van der Waals surface area contributed by atoms with Gasteiger partial charge in [-0.25, -0.2) is 4.39 Å².